The molecule has 80 heavy (non-hydrogen) atoms. The number of halogens is 2. The first-order valence-electron chi connectivity index (χ1n) is 26.7. The van der Waals surface area contributed by atoms with Crippen LogP contribution in [0.25, 0.3) is 22.8 Å². The maximum absolute atomic E-state index is 8.36. The molecule has 0 saturated heterocycles. The Morgan fingerprint density at radius 1 is 0.537 bits per heavy atom. The lowest BCUT2D eigenvalue weighted by molar-refractivity contribution is -0.123. The van der Waals surface area contributed by atoms with E-state index in [-0.39, 0.29) is 12.9 Å². The molecule has 18 heteroatoms. The van der Waals surface area contributed by atoms with Crippen molar-refractivity contribution in [3.8, 4) is 45.8 Å². The van der Waals surface area contributed by atoms with Crippen molar-refractivity contribution in [3.63, 3.8) is 0 Å². The highest BCUT2D eigenvalue weighted by molar-refractivity contribution is 6.32. The highest BCUT2D eigenvalue weighted by atomic mass is 35.5. The molecule has 4 aromatic heterocycles. The first kappa shape index (κ1) is 63.1. The van der Waals surface area contributed by atoms with Crippen molar-refractivity contribution < 1.29 is 38.7 Å². The standard InChI is InChI=1S/C58H64Cl2N8O4.C2H6.2CH2O2/c1-7-9-25-65(5)35-47-29-51(59)55(31-53(47)69-37-43-19-21-57(61-33-43)67-27-13-23-63-67)71-39-45-15-11-17-49(41(45)3)50-18-12-16-46(42(50)4)40-72-56-32-54(48(30-52(56)60)36-66(6)26-10-8-2)70-38-44-20-22-58(62-34-44)68-28-14-24-64-68;1-2;2*2-1-3/h11-24,27-34H,7-10,25-26,35-40H2,1-6H3;1-2H3;2*1H,(H,2,3). The van der Waals surface area contributed by atoms with E-state index in [0.29, 0.717) is 61.1 Å². The molecule has 8 aromatic rings. The smallest absolute Gasteiger partial charge is 0.290 e. The molecule has 0 unspecified atom stereocenters. The van der Waals surface area contributed by atoms with E-state index in [1.807, 2.05) is 99.3 Å². The lowest BCUT2D eigenvalue weighted by Gasteiger charge is -2.21. The van der Waals surface area contributed by atoms with Crippen LogP contribution < -0.4 is 18.9 Å². The van der Waals surface area contributed by atoms with Gasteiger partial charge in [0.15, 0.2) is 11.6 Å². The number of hydrogen-bond acceptors (Lipinski definition) is 12. The zero-order chi connectivity index (χ0) is 57.8. The number of unbranched alkanes of at least 4 members (excludes halogenated alkanes) is 2. The van der Waals surface area contributed by atoms with Crippen molar-refractivity contribution in [2.75, 3.05) is 27.2 Å². The molecule has 0 saturated carbocycles. The van der Waals surface area contributed by atoms with Gasteiger partial charge in [-0.2, -0.15) is 10.2 Å². The van der Waals surface area contributed by atoms with Gasteiger partial charge in [0, 0.05) is 84.7 Å². The molecule has 0 radical (unpaired) electrons. The second kappa shape index (κ2) is 33.6. The summed E-state index contributed by atoms with van der Waals surface area (Å²) in [4.78, 5) is 30.5. The molecule has 0 bridgehead atoms. The maximum Gasteiger partial charge on any atom is 0.290 e. The van der Waals surface area contributed by atoms with Crippen LogP contribution in [0.15, 0.2) is 134 Å². The van der Waals surface area contributed by atoms with E-state index >= 15 is 0 Å². The average molecular weight is 1130 g/mol. The highest BCUT2D eigenvalue weighted by Crippen LogP contribution is 2.38. The Balaban J connectivity index is 0.00000139. The van der Waals surface area contributed by atoms with Gasteiger partial charge in [-0.05, 0) is 124 Å². The van der Waals surface area contributed by atoms with Crippen LogP contribution >= 0.6 is 23.2 Å². The molecular weight excluding hydrogens is 1060 g/mol. The summed E-state index contributed by atoms with van der Waals surface area (Å²) in [5.41, 5.74) is 10.4. The van der Waals surface area contributed by atoms with Gasteiger partial charge >= 0.3 is 0 Å². The fourth-order valence-corrected chi connectivity index (χ4v) is 8.95. The summed E-state index contributed by atoms with van der Waals surface area (Å²) in [7, 11) is 4.24. The van der Waals surface area contributed by atoms with Crippen LogP contribution in [0, 0.1) is 13.8 Å². The quantitative estimate of drug-likeness (QED) is 0.0516. The van der Waals surface area contributed by atoms with Crippen molar-refractivity contribution in [1.29, 1.82) is 0 Å². The molecule has 424 valence electrons. The molecule has 16 nitrogen and oxygen atoms in total. The fourth-order valence-electron chi connectivity index (χ4n) is 8.46. The predicted molar refractivity (Wildman–Crippen MR) is 316 cm³/mol. The van der Waals surface area contributed by atoms with Crippen molar-refractivity contribution in [1.82, 2.24) is 39.3 Å². The number of rotatable bonds is 25. The van der Waals surface area contributed by atoms with Gasteiger partial charge in [-0.1, -0.05) is 112 Å². The normalized spacial score (nSPS) is 10.7. The molecule has 0 aliphatic rings. The Kier molecular flexibility index (Phi) is 26.5. The Labute approximate surface area is 480 Å². The summed E-state index contributed by atoms with van der Waals surface area (Å²) < 4.78 is 29.5. The monoisotopic (exact) mass is 1130 g/mol. The SMILES string of the molecule is CC.CCCCN(C)Cc1cc(Cl)c(OCc2cccc(-c3cccc(COc4cc(OCc5ccc(-n6cccn6)nc5)c(CN(C)CCCC)cc4Cl)c3C)c2C)cc1OCc1ccc(-n2cccn2)nc1.O=CO.O=CO. The predicted octanol–water partition coefficient (Wildman–Crippen LogP) is 13.6. The van der Waals surface area contributed by atoms with Crippen LogP contribution in [-0.4, -0.2) is 89.7 Å². The molecule has 0 amide bonds. The first-order valence-corrected chi connectivity index (χ1v) is 27.4. The van der Waals surface area contributed by atoms with E-state index in [9.17, 15) is 0 Å². The lowest BCUT2D eigenvalue weighted by atomic mass is 9.92. The van der Waals surface area contributed by atoms with Gasteiger partial charge in [0.2, 0.25) is 0 Å². The second-order valence-corrected chi connectivity index (χ2v) is 19.3. The Bertz CT molecular complexity index is 2900. The fraction of sp³-hybridized carbons (Fsp3) is 0.323. The Morgan fingerprint density at radius 3 is 1.26 bits per heavy atom. The van der Waals surface area contributed by atoms with Crippen LogP contribution in [0.5, 0.6) is 23.0 Å². The topological polar surface area (TPSA) is 179 Å². The molecule has 0 aliphatic carbocycles. The molecular formula is C62H74Cl2N8O8. The number of benzene rings is 4. The van der Waals surface area contributed by atoms with Gasteiger partial charge in [0.25, 0.3) is 12.9 Å². The van der Waals surface area contributed by atoms with Crippen LogP contribution in [0.2, 0.25) is 10.0 Å². The Hall–Kier alpha value is -7.76. The second-order valence-electron chi connectivity index (χ2n) is 18.5. The number of pyridine rings is 2. The van der Waals surface area contributed by atoms with E-state index in [0.717, 1.165) is 118 Å². The summed E-state index contributed by atoms with van der Waals surface area (Å²) >= 11 is 14.0. The van der Waals surface area contributed by atoms with E-state index in [4.69, 9.17) is 62.0 Å². The summed E-state index contributed by atoms with van der Waals surface area (Å²) in [6, 6.07) is 32.1. The number of ether oxygens (including phenoxy) is 4. The molecule has 0 fully saturated rings. The van der Waals surface area contributed by atoms with Gasteiger partial charge in [-0.3, -0.25) is 9.59 Å². The van der Waals surface area contributed by atoms with E-state index in [1.54, 1.807) is 21.8 Å². The minimum Gasteiger partial charge on any atom is -0.488 e. The summed E-state index contributed by atoms with van der Waals surface area (Å²) in [5, 5.41) is 23.4. The van der Waals surface area contributed by atoms with Crippen LogP contribution in [0.3, 0.4) is 0 Å². The Morgan fingerprint density at radius 2 is 0.925 bits per heavy atom. The molecule has 4 heterocycles. The van der Waals surface area contributed by atoms with Crippen molar-refractivity contribution in [2.24, 2.45) is 0 Å². The highest BCUT2D eigenvalue weighted by Gasteiger charge is 2.18. The molecule has 2 N–H and O–H groups in total. The minimum atomic E-state index is -0.250. The first-order chi connectivity index (χ1) is 38.9. The number of carboxylic acid groups (broad SMARTS) is 2. The molecule has 0 spiro atoms. The van der Waals surface area contributed by atoms with E-state index in [1.165, 1.54) is 0 Å². The van der Waals surface area contributed by atoms with Gasteiger partial charge < -0.3 is 39.0 Å². The third kappa shape index (κ3) is 18.7. The van der Waals surface area contributed by atoms with Crippen molar-refractivity contribution in [3.05, 3.63) is 189 Å². The lowest BCUT2D eigenvalue weighted by Crippen LogP contribution is -2.19. The van der Waals surface area contributed by atoms with Crippen LogP contribution in [-0.2, 0) is 49.1 Å². The van der Waals surface area contributed by atoms with E-state index < -0.39 is 0 Å². The van der Waals surface area contributed by atoms with Crippen molar-refractivity contribution in [2.45, 2.75) is 107 Å². The van der Waals surface area contributed by atoms with Gasteiger partial charge in [0.05, 0.1) is 10.0 Å². The number of hydrogen-bond donors (Lipinski definition) is 2. The van der Waals surface area contributed by atoms with Gasteiger partial charge in [-0.25, -0.2) is 19.3 Å². The minimum absolute atomic E-state index is 0.250. The maximum atomic E-state index is 8.36. The third-order valence-corrected chi connectivity index (χ3v) is 13.3. The van der Waals surface area contributed by atoms with Crippen LogP contribution in [0.4, 0.5) is 0 Å². The van der Waals surface area contributed by atoms with Gasteiger partial charge in [-0.15, -0.1) is 0 Å². The number of carbonyl (C=O) groups is 2. The van der Waals surface area contributed by atoms with Crippen LogP contribution in [0.1, 0.15) is 97.9 Å². The molecule has 0 atom stereocenters. The summed E-state index contributed by atoms with van der Waals surface area (Å²) in [6.45, 7) is 16.8. The molecule has 0 aliphatic heterocycles. The number of aromatic nitrogens is 6. The zero-order valence-corrected chi connectivity index (χ0v) is 48.5. The third-order valence-electron chi connectivity index (χ3n) is 12.7. The zero-order valence-electron chi connectivity index (χ0n) is 47.0. The largest absolute Gasteiger partial charge is 0.488 e. The molecule has 4 aromatic carbocycles. The average Bonchev–Trinajstić information content (AvgIpc) is 4.23. The van der Waals surface area contributed by atoms with Gasteiger partial charge in [0.1, 0.15) is 49.4 Å². The molecule has 8 rings (SSSR count). The van der Waals surface area contributed by atoms with Crippen molar-refractivity contribution >= 4 is 36.1 Å². The van der Waals surface area contributed by atoms with E-state index in [2.05, 4.69) is 108 Å². The summed E-state index contributed by atoms with van der Waals surface area (Å²) in [6.07, 6.45) is 15.3. The number of nitrogens with zero attached hydrogens (tertiary/aromatic N) is 8. The summed E-state index contributed by atoms with van der Waals surface area (Å²) in [5.74, 6) is 4.03.